The molecule has 4 heteroatoms. The molecule has 2 aromatic carbocycles. The zero-order valence-corrected chi connectivity index (χ0v) is 14.2. The molecule has 2 heterocycles. The number of anilines is 1. The number of amides is 2. The van der Waals surface area contributed by atoms with Crippen molar-refractivity contribution in [2.24, 2.45) is 5.92 Å². The molecule has 2 aliphatic rings. The molecule has 4 rings (SSSR count). The van der Waals surface area contributed by atoms with Gasteiger partial charge >= 0.3 is 0 Å². The van der Waals surface area contributed by atoms with Gasteiger partial charge in [0.2, 0.25) is 5.91 Å². The van der Waals surface area contributed by atoms with Crippen LogP contribution in [0.15, 0.2) is 54.6 Å². The average Bonchev–Trinajstić information content (AvgIpc) is 3.12. The van der Waals surface area contributed by atoms with Crippen LogP contribution in [-0.2, 0) is 11.2 Å². The molecule has 4 nitrogen and oxygen atoms in total. The highest BCUT2D eigenvalue weighted by Crippen LogP contribution is 2.31. The molecule has 128 valence electrons. The smallest absolute Gasteiger partial charge is 0.253 e. The van der Waals surface area contributed by atoms with Gasteiger partial charge in [-0.15, -0.1) is 0 Å². The van der Waals surface area contributed by atoms with Crippen LogP contribution in [0.3, 0.4) is 0 Å². The van der Waals surface area contributed by atoms with Crippen molar-refractivity contribution in [3.05, 3.63) is 65.7 Å². The number of likely N-dealkylation sites (tertiary alicyclic amines) is 1. The third-order valence-electron chi connectivity index (χ3n) is 5.31. The van der Waals surface area contributed by atoms with E-state index in [1.165, 1.54) is 5.56 Å². The number of para-hydroxylation sites is 1. The van der Waals surface area contributed by atoms with E-state index >= 15 is 0 Å². The van der Waals surface area contributed by atoms with Crippen LogP contribution in [0.25, 0.3) is 0 Å². The summed E-state index contributed by atoms with van der Waals surface area (Å²) in [7, 11) is 0. The minimum Gasteiger partial charge on any atom is -0.339 e. The Morgan fingerprint density at radius 2 is 1.52 bits per heavy atom. The summed E-state index contributed by atoms with van der Waals surface area (Å²) in [5, 5.41) is 0. The number of nitrogens with zero attached hydrogens (tertiary/aromatic N) is 2. The second-order valence-electron chi connectivity index (χ2n) is 6.80. The van der Waals surface area contributed by atoms with Gasteiger partial charge in [-0.2, -0.15) is 0 Å². The number of hydrogen-bond donors (Lipinski definition) is 0. The summed E-state index contributed by atoms with van der Waals surface area (Å²) < 4.78 is 0. The van der Waals surface area contributed by atoms with Gasteiger partial charge in [0.05, 0.1) is 0 Å². The number of fused-ring (bicyclic) bond motifs is 1. The number of carbonyl (C=O) groups is 2. The van der Waals surface area contributed by atoms with Crippen molar-refractivity contribution in [3.8, 4) is 0 Å². The largest absolute Gasteiger partial charge is 0.339 e. The van der Waals surface area contributed by atoms with Crippen LogP contribution in [-0.4, -0.2) is 36.3 Å². The molecule has 0 spiro atoms. The third-order valence-corrected chi connectivity index (χ3v) is 5.31. The summed E-state index contributed by atoms with van der Waals surface area (Å²) in [6.45, 7) is 2.08. The maximum atomic E-state index is 12.9. The third kappa shape index (κ3) is 3.04. The summed E-state index contributed by atoms with van der Waals surface area (Å²) in [5.74, 6) is 0.306. The van der Waals surface area contributed by atoms with Gasteiger partial charge in [-0.3, -0.25) is 9.59 Å². The quantitative estimate of drug-likeness (QED) is 0.846. The van der Waals surface area contributed by atoms with E-state index in [4.69, 9.17) is 0 Å². The van der Waals surface area contributed by atoms with Gasteiger partial charge in [-0.1, -0.05) is 36.4 Å². The van der Waals surface area contributed by atoms with E-state index in [2.05, 4.69) is 6.07 Å². The lowest BCUT2D eigenvalue weighted by atomic mass is 9.94. The maximum Gasteiger partial charge on any atom is 0.253 e. The highest BCUT2D eigenvalue weighted by Gasteiger charge is 2.33. The Morgan fingerprint density at radius 3 is 2.28 bits per heavy atom. The molecule has 1 saturated heterocycles. The standard InChI is InChI=1S/C21H22N2O2/c24-20(17-7-2-1-3-8-17)22-13-10-18(11-14-22)21(25)23-15-12-16-6-4-5-9-19(16)23/h1-9,18H,10-15H2. The van der Waals surface area contributed by atoms with Crippen molar-refractivity contribution in [2.45, 2.75) is 19.3 Å². The predicted octanol–water partition coefficient (Wildman–Crippen LogP) is 3.13. The number of piperidine rings is 1. The van der Waals surface area contributed by atoms with Gasteiger partial charge < -0.3 is 9.80 Å². The number of benzene rings is 2. The fourth-order valence-electron chi connectivity index (χ4n) is 3.88. The second-order valence-corrected chi connectivity index (χ2v) is 6.80. The van der Waals surface area contributed by atoms with Crippen LogP contribution in [0.1, 0.15) is 28.8 Å². The van der Waals surface area contributed by atoms with Crippen molar-refractivity contribution in [1.82, 2.24) is 4.90 Å². The first-order valence-electron chi connectivity index (χ1n) is 8.97. The van der Waals surface area contributed by atoms with E-state index in [0.717, 1.165) is 37.1 Å². The van der Waals surface area contributed by atoms with Crippen molar-refractivity contribution in [2.75, 3.05) is 24.5 Å². The Bertz CT molecular complexity index is 779. The van der Waals surface area contributed by atoms with Gasteiger partial charge in [0.25, 0.3) is 5.91 Å². The van der Waals surface area contributed by atoms with E-state index in [0.29, 0.717) is 13.1 Å². The monoisotopic (exact) mass is 334 g/mol. The molecule has 0 N–H and O–H groups in total. The number of hydrogen-bond acceptors (Lipinski definition) is 2. The van der Waals surface area contributed by atoms with Gasteiger partial charge in [0.15, 0.2) is 0 Å². The molecule has 0 radical (unpaired) electrons. The predicted molar refractivity (Wildman–Crippen MR) is 97.6 cm³/mol. The molecule has 25 heavy (non-hydrogen) atoms. The zero-order chi connectivity index (χ0) is 17.2. The Hall–Kier alpha value is -2.62. The molecular weight excluding hydrogens is 312 g/mol. The van der Waals surface area contributed by atoms with Crippen LogP contribution in [0.5, 0.6) is 0 Å². The molecule has 0 bridgehead atoms. The summed E-state index contributed by atoms with van der Waals surface area (Å²) in [5.41, 5.74) is 3.04. The van der Waals surface area contributed by atoms with E-state index < -0.39 is 0 Å². The zero-order valence-electron chi connectivity index (χ0n) is 14.2. The Balaban J connectivity index is 1.39. The van der Waals surface area contributed by atoms with Crippen molar-refractivity contribution >= 4 is 17.5 Å². The molecule has 0 unspecified atom stereocenters. The lowest BCUT2D eigenvalue weighted by molar-refractivity contribution is -0.123. The average molecular weight is 334 g/mol. The highest BCUT2D eigenvalue weighted by molar-refractivity contribution is 5.97. The van der Waals surface area contributed by atoms with Crippen LogP contribution in [0, 0.1) is 5.92 Å². The highest BCUT2D eigenvalue weighted by atomic mass is 16.2. The maximum absolute atomic E-state index is 12.9. The Morgan fingerprint density at radius 1 is 0.840 bits per heavy atom. The van der Waals surface area contributed by atoms with E-state index in [1.807, 2.05) is 58.3 Å². The molecule has 2 aliphatic heterocycles. The van der Waals surface area contributed by atoms with Gasteiger partial charge in [-0.05, 0) is 43.0 Å². The van der Waals surface area contributed by atoms with Crippen molar-refractivity contribution in [3.63, 3.8) is 0 Å². The van der Waals surface area contributed by atoms with E-state index in [-0.39, 0.29) is 17.7 Å². The molecule has 0 atom stereocenters. The number of rotatable bonds is 2. The van der Waals surface area contributed by atoms with Crippen LogP contribution < -0.4 is 4.90 Å². The molecule has 0 aliphatic carbocycles. The van der Waals surface area contributed by atoms with Crippen molar-refractivity contribution < 1.29 is 9.59 Å². The molecule has 0 saturated carbocycles. The van der Waals surface area contributed by atoms with Crippen molar-refractivity contribution in [1.29, 1.82) is 0 Å². The van der Waals surface area contributed by atoms with E-state index in [9.17, 15) is 9.59 Å². The minimum absolute atomic E-state index is 0.0194. The molecular formula is C21H22N2O2. The lowest BCUT2D eigenvalue weighted by Crippen LogP contribution is -2.44. The normalized spacial score (nSPS) is 17.4. The first-order chi connectivity index (χ1) is 12.2. The van der Waals surface area contributed by atoms with Crippen LogP contribution in [0.2, 0.25) is 0 Å². The molecule has 2 amide bonds. The van der Waals surface area contributed by atoms with Crippen LogP contribution in [0.4, 0.5) is 5.69 Å². The first-order valence-corrected chi connectivity index (χ1v) is 8.97. The fraction of sp³-hybridized carbons (Fsp3) is 0.333. The molecule has 2 aromatic rings. The topological polar surface area (TPSA) is 40.6 Å². The summed E-state index contributed by atoms with van der Waals surface area (Å²) in [6, 6.07) is 17.5. The van der Waals surface area contributed by atoms with Gasteiger partial charge in [0.1, 0.15) is 0 Å². The SMILES string of the molecule is O=C(c1ccccc1)N1CCC(C(=O)N2CCc3ccccc32)CC1. The summed E-state index contributed by atoms with van der Waals surface area (Å²) >= 11 is 0. The van der Waals surface area contributed by atoms with Gasteiger partial charge in [0, 0.05) is 36.8 Å². The summed E-state index contributed by atoms with van der Waals surface area (Å²) in [4.78, 5) is 29.3. The first kappa shape index (κ1) is 15.9. The fourth-order valence-corrected chi connectivity index (χ4v) is 3.88. The second kappa shape index (κ2) is 6.71. The number of carbonyl (C=O) groups excluding carboxylic acids is 2. The molecule has 1 fully saturated rings. The van der Waals surface area contributed by atoms with E-state index in [1.54, 1.807) is 0 Å². The Kier molecular flexibility index (Phi) is 4.26. The lowest BCUT2D eigenvalue weighted by Gasteiger charge is -2.33. The summed E-state index contributed by atoms with van der Waals surface area (Å²) in [6.07, 6.45) is 2.43. The molecule has 0 aromatic heterocycles. The Labute approximate surface area is 148 Å². The minimum atomic E-state index is 0.0194. The van der Waals surface area contributed by atoms with Gasteiger partial charge in [-0.25, -0.2) is 0 Å². The van der Waals surface area contributed by atoms with Crippen LogP contribution >= 0.6 is 0 Å².